The highest BCUT2D eigenvalue weighted by Gasteiger charge is 2.67. The van der Waals surface area contributed by atoms with Crippen molar-refractivity contribution in [3.8, 4) is 0 Å². The first kappa shape index (κ1) is 20.0. The van der Waals surface area contributed by atoms with Crippen LogP contribution in [0.3, 0.4) is 0 Å². The maximum absolute atomic E-state index is 13.0. The number of aromatic nitrogens is 1. The molecular formula is C19H18F3NO5. The van der Waals surface area contributed by atoms with Gasteiger partial charge in [0.2, 0.25) is 0 Å². The van der Waals surface area contributed by atoms with Crippen LogP contribution >= 0.6 is 0 Å². The minimum absolute atomic E-state index is 0.0417. The molecule has 9 heteroatoms. The lowest BCUT2D eigenvalue weighted by atomic mass is 9.70. The van der Waals surface area contributed by atoms with Crippen molar-refractivity contribution in [1.29, 1.82) is 0 Å². The largest absolute Gasteiger partial charge is 0.506 e. The number of hydrogen-bond acceptors (Lipinski definition) is 6. The molecule has 2 saturated carbocycles. The highest BCUT2D eigenvalue weighted by molar-refractivity contribution is 6.33. The van der Waals surface area contributed by atoms with Crippen LogP contribution in [0.5, 0.6) is 0 Å². The van der Waals surface area contributed by atoms with E-state index in [0.717, 1.165) is 6.07 Å². The number of esters is 1. The van der Waals surface area contributed by atoms with Gasteiger partial charge >= 0.3 is 12.1 Å². The third-order valence-electron chi connectivity index (χ3n) is 5.38. The normalized spacial score (nSPS) is 28.6. The van der Waals surface area contributed by atoms with Crippen molar-refractivity contribution in [3.05, 3.63) is 34.7 Å². The van der Waals surface area contributed by atoms with Gasteiger partial charge in [0.1, 0.15) is 22.4 Å². The molecule has 28 heavy (non-hydrogen) atoms. The number of aliphatic hydroxyl groups is 1. The second-order valence-electron chi connectivity index (χ2n) is 7.12. The van der Waals surface area contributed by atoms with Crippen molar-refractivity contribution < 1.29 is 37.4 Å². The maximum atomic E-state index is 13.0. The van der Waals surface area contributed by atoms with E-state index in [0.29, 0.717) is 12.5 Å². The van der Waals surface area contributed by atoms with Crippen LogP contribution in [0.25, 0.3) is 5.76 Å². The average molecular weight is 397 g/mol. The van der Waals surface area contributed by atoms with Crippen molar-refractivity contribution in [1.82, 2.24) is 4.98 Å². The van der Waals surface area contributed by atoms with Gasteiger partial charge in [-0.3, -0.25) is 14.4 Å². The van der Waals surface area contributed by atoms with Gasteiger partial charge in [-0.2, -0.15) is 13.2 Å². The van der Waals surface area contributed by atoms with Gasteiger partial charge in [0, 0.05) is 17.2 Å². The van der Waals surface area contributed by atoms with Gasteiger partial charge in [-0.25, -0.2) is 4.98 Å². The Morgan fingerprint density at radius 1 is 1.36 bits per heavy atom. The van der Waals surface area contributed by atoms with Gasteiger partial charge in [0.25, 0.3) is 0 Å². The summed E-state index contributed by atoms with van der Waals surface area (Å²) in [7, 11) is 0. The number of pyridine rings is 1. The Labute approximate surface area is 158 Å². The van der Waals surface area contributed by atoms with E-state index in [1.54, 1.807) is 6.92 Å². The molecule has 0 bridgehead atoms. The number of carbonyl (C=O) groups is 3. The summed E-state index contributed by atoms with van der Waals surface area (Å²) in [4.78, 5) is 41.4. The van der Waals surface area contributed by atoms with Gasteiger partial charge in [-0.05, 0) is 45.2 Å². The predicted molar refractivity (Wildman–Crippen MR) is 89.9 cm³/mol. The number of rotatable bonds is 3. The number of aryl methyl sites for hydroxylation is 1. The fourth-order valence-corrected chi connectivity index (χ4v) is 3.70. The molecule has 0 radical (unpaired) electrons. The summed E-state index contributed by atoms with van der Waals surface area (Å²) in [5.41, 5.74) is -3.73. The molecule has 0 aromatic carbocycles. The second-order valence-corrected chi connectivity index (χ2v) is 7.12. The Balaban J connectivity index is 2.10. The number of alkyl halides is 3. The first-order valence-corrected chi connectivity index (χ1v) is 8.69. The van der Waals surface area contributed by atoms with Crippen LogP contribution < -0.4 is 0 Å². The predicted octanol–water partition coefficient (Wildman–Crippen LogP) is 3.04. The number of Topliss-reactive ketones (excluding diaryl/α,β-unsaturated/α-hetero) is 2. The maximum Gasteiger partial charge on any atom is 0.433 e. The molecule has 3 atom stereocenters. The monoisotopic (exact) mass is 397 g/mol. The van der Waals surface area contributed by atoms with Crippen molar-refractivity contribution in [2.45, 2.75) is 33.4 Å². The van der Waals surface area contributed by atoms with Gasteiger partial charge in [0.15, 0.2) is 11.6 Å². The summed E-state index contributed by atoms with van der Waals surface area (Å²) in [6.07, 6.45) is -4.37. The average Bonchev–Trinajstić information content (AvgIpc) is 3.40. The number of ether oxygens (including phenoxy) is 1. The number of allylic oxidation sites excluding steroid dienone is 1. The van der Waals surface area contributed by atoms with Gasteiger partial charge in [-0.1, -0.05) is 0 Å². The number of aliphatic hydroxyl groups excluding tert-OH is 1. The number of halogens is 3. The second kappa shape index (κ2) is 6.42. The van der Waals surface area contributed by atoms with Gasteiger partial charge in [0.05, 0.1) is 6.61 Å². The number of fused-ring (bicyclic) bond motifs is 1. The van der Waals surface area contributed by atoms with Crippen molar-refractivity contribution in [2.24, 2.45) is 17.3 Å². The molecule has 1 N–H and O–H groups in total. The van der Waals surface area contributed by atoms with Gasteiger partial charge < -0.3 is 9.84 Å². The molecule has 1 aromatic rings. The molecule has 0 spiro atoms. The number of carbonyl (C=O) groups excluding carboxylic acids is 3. The fraction of sp³-hybridized carbons (Fsp3) is 0.474. The first-order chi connectivity index (χ1) is 12.9. The molecule has 1 unspecified atom stereocenters. The molecule has 0 aliphatic heterocycles. The molecule has 1 aromatic heterocycles. The molecule has 0 saturated heterocycles. The van der Waals surface area contributed by atoms with E-state index in [1.807, 2.05) is 0 Å². The summed E-state index contributed by atoms with van der Waals surface area (Å²) >= 11 is 0. The standard InChI is InChI=1S/C19H18F3NO5/c1-4-28-17(27)18(3)11-7-10(11)15(25)13(16(18)26)14(24)9-5-6-12(19(20,21)22)23-8(9)2/h5-6,10-11,24H,4,7H2,1-3H3/t10-,11-,18?/m0/s1. The van der Waals surface area contributed by atoms with Crippen LogP contribution in [-0.2, 0) is 25.3 Å². The minimum Gasteiger partial charge on any atom is -0.506 e. The lowest BCUT2D eigenvalue weighted by Gasteiger charge is -2.30. The lowest BCUT2D eigenvalue weighted by Crippen LogP contribution is -2.46. The van der Waals surface area contributed by atoms with E-state index >= 15 is 0 Å². The van der Waals surface area contributed by atoms with Crippen LogP contribution in [0.1, 0.15) is 37.2 Å². The molecule has 2 fully saturated rings. The van der Waals surface area contributed by atoms with E-state index < -0.39 is 58.0 Å². The van der Waals surface area contributed by atoms with Crippen molar-refractivity contribution >= 4 is 23.3 Å². The van der Waals surface area contributed by atoms with E-state index in [4.69, 9.17) is 4.74 Å². The highest BCUT2D eigenvalue weighted by atomic mass is 19.4. The zero-order valence-corrected chi connectivity index (χ0v) is 15.4. The van der Waals surface area contributed by atoms with Crippen LogP contribution in [0.15, 0.2) is 17.7 Å². The summed E-state index contributed by atoms with van der Waals surface area (Å²) in [6.45, 7) is 4.22. The van der Waals surface area contributed by atoms with Crippen LogP contribution in [0, 0.1) is 24.2 Å². The molecule has 6 nitrogen and oxygen atoms in total. The first-order valence-electron chi connectivity index (χ1n) is 8.69. The number of ketones is 2. The Bertz CT molecular complexity index is 921. The molecule has 0 amide bonds. The van der Waals surface area contributed by atoms with Crippen molar-refractivity contribution in [3.63, 3.8) is 0 Å². The summed E-state index contributed by atoms with van der Waals surface area (Å²) in [6, 6.07) is 1.61. The fourth-order valence-electron chi connectivity index (χ4n) is 3.70. The van der Waals surface area contributed by atoms with Crippen LogP contribution in [-0.4, -0.2) is 34.2 Å². The Hall–Kier alpha value is -2.71. The zero-order valence-electron chi connectivity index (χ0n) is 15.4. The van der Waals surface area contributed by atoms with Crippen LogP contribution in [0.2, 0.25) is 0 Å². The summed E-state index contributed by atoms with van der Waals surface area (Å²) in [5.74, 6) is -4.16. The third kappa shape index (κ3) is 2.89. The van der Waals surface area contributed by atoms with Crippen molar-refractivity contribution in [2.75, 3.05) is 6.61 Å². The zero-order chi connectivity index (χ0) is 21.0. The smallest absolute Gasteiger partial charge is 0.433 e. The number of nitrogens with zero attached hydrogens (tertiary/aromatic N) is 1. The molecule has 2 aliphatic rings. The molecule has 150 valence electrons. The third-order valence-corrected chi connectivity index (χ3v) is 5.38. The molecule has 1 heterocycles. The molecule has 2 aliphatic carbocycles. The van der Waals surface area contributed by atoms with Gasteiger partial charge in [-0.15, -0.1) is 0 Å². The summed E-state index contributed by atoms with van der Waals surface area (Å²) < 4.78 is 43.4. The van der Waals surface area contributed by atoms with E-state index in [9.17, 15) is 32.7 Å². The molecular weight excluding hydrogens is 379 g/mol. The SMILES string of the molecule is CCOC(=O)C1(C)C(=O)C(=C(O)c2ccc(C(F)(F)F)nc2C)C(=O)[C@H]2C[C@@H]21. The number of hydrogen-bond donors (Lipinski definition) is 1. The van der Waals surface area contributed by atoms with E-state index in [-0.39, 0.29) is 17.9 Å². The van der Waals surface area contributed by atoms with E-state index in [1.165, 1.54) is 13.8 Å². The lowest BCUT2D eigenvalue weighted by molar-refractivity contribution is -0.160. The Kier molecular flexibility index (Phi) is 4.60. The Morgan fingerprint density at radius 2 is 2.00 bits per heavy atom. The van der Waals surface area contributed by atoms with Crippen LogP contribution in [0.4, 0.5) is 13.2 Å². The minimum atomic E-state index is -4.67. The topological polar surface area (TPSA) is 93.6 Å². The molecule has 3 rings (SSSR count). The Morgan fingerprint density at radius 3 is 2.54 bits per heavy atom. The highest BCUT2D eigenvalue weighted by Crippen LogP contribution is 2.58. The quantitative estimate of drug-likeness (QED) is 0.277. The van der Waals surface area contributed by atoms with E-state index in [2.05, 4.69) is 4.98 Å². The summed E-state index contributed by atoms with van der Waals surface area (Å²) in [5, 5.41) is 10.6.